The molecule has 2 aromatic rings. The number of aldehydes is 1. The highest BCUT2D eigenvalue weighted by Gasteiger charge is 2.06. The fourth-order valence-corrected chi connectivity index (χ4v) is 1.76. The third-order valence-electron chi connectivity index (χ3n) is 2.99. The van der Waals surface area contributed by atoms with Crippen LogP contribution in [0, 0.1) is 13.8 Å². The number of carbonyl (C=O) groups is 1. The third kappa shape index (κ3) is 2.77. The summed E-state index contributed by atoms with van der Waals surface area (Å²) >= 11 is 0. The van der Waals surface area contributed by atoms with Crippen molar-refractivity contribution in [1.29, 1.82) is 0 Å². The van der Waals surface area contributed by atoms with Gasteiger partial charge in [0.2, 0.25) is 0 Å². The number of hydrogen-bond donors (Lipinski definition) is 0. The van der Waals surface area contributed by atoms with Crippen LogP contribution in [0.5, 0.6) is 5.75 Å². The van der Waals surface area contributed by atoms with E-state index in [9.17, 15) is 4.79 Å². The lowest BCUT2D eigenvalue weighted by atomic mass is 10.1. The molecule has 0 radical (unpaired) electrons. The summed E-state index contributed by atoms with van der Waals surface area (Å²) in [6.45, 7) is 4.48. The summed E-state index contributed by atoms with van der Waals surface area (Å²) < 4.78 is 5.72. The zero-order chi connectivity index (χ0) is 13.0. The Morgan fingerprint density at radius 1 is 1.06 bits per heavy atom. The monoisotopic (exact) mass is 240 g/mol. The Bertz CT molecular complexity index is 545. The van der Waals surface area contributed by atoms with Crippen molar-refractivity contribution in [2.24, 2.45) is 0 Å². The van der Waals surface area contributed by atoms with Gasteiger partial charge in [0.1, 0.15) is 12.4 Å². The normalized spacial score (nSPS) is 10.1. The maximum atomic E-state index is 11.0. The SMILES string of the molecule is Cc1cc(C=O)c(OCc2ccccc2)cc1C. The second kappa shape index (κ2) is 5.50. The summed E-state index contributed by atoms with van der Waals surface area (Å²) in [6, 6.07) is 13.7. The van der Waals surface area contributed by atoms with E-state index in [0.717, 1.165) is 23.0 Å². The van der Waals surface area contributed by atoms with E-state index in [2.05, 4.69) is 0 Å². The lowest BCUT2D eigenvalue weighted by molar-refractivity contribution is 0.111. The fourth-order valence-electron chi connectivity index (χ4n) is 1.76. The number of ether oxygens (including phenoxy) is 1. The molecule has 0 spiro atoms. The Kier molecular flexibility index (Phi) is 3.78. The highest BCUT2D eigenvalue weighted by atomic mass is 16.5. The summed E-state index contributed by atoms with van der Waals surface area (Å²) in [5.41, 5.74) is 3.93. The Hall–Kier alpha value is -2.09. The molecule has 0 aromatic heterocycles. The van der Waals surface area contributed by atoms with Gasteiger partial charge in [0.25, 0.3) is 0 Å². The van der Waals surface area contributed by atoms with E-state index in [-0.39, 0.29) is 0 Å². The van der Waals surface area contributed by atoms with Crippen molar-refractivity contribution >= 4 is 6.29 Å². The van der Waals surface area contributed by atoms with Gasteiger partial charge in [-0.05, 0) is 42.7 Å². The van der Waals surface area contributed by atoms with Crippen LogP contribution >= 0.6 is 0 Å². The first-order valence-electron chi connectivity index (χ1n) is 5.94. The fraction of sp³-hybridized carbons (Fsp3) is 0.188. The number of aryl methyl sites for hydroxylation is 2. The first kappa shape index (κ1) is 12.4. The Morgan fingerprint density at radius 3 is 2.39 bits per heavy atom. The molecule has 2 heteroatoms. The molecule has 2 rings (SSSR count). The highest BCUT2D eigenvalue weighted by Crippen LogP contribution is 2.22. The second-order valence-electron chi connectivity index (χ2n) is 4.37. The average Bonchev–Trinajstić information content (AvgIpc) is 2.41. The van der Waals surface area contributed by atoms with Gasteiger partial charge in [-0.15, -0.1) is 0 Å². The molecule has 0 aliphatic rings. The Balaban J connectivity index is 2.19. The molecule has 2 aromatic carbocycles. The van der Waals surface area contributed by atoms with Crippen LogP contribution in [-0.2, 0) is 6.61 Å². The minimum atomic E-state index is 0.476. The summed E-state index contributed by atoms with van der Waals surface area (Å²) in [7, 11) is 0. The van der Waals surface area contributed by atoms with Crippen LogP contribution in [0.25, 0.3) is 0 Å². The molecule has 0 saturated carbocycles. The van der Waals surface area contributed by atoms with Gasteiger partial charge in [-0.3, -0.25) is 4.79 Å². The molecule has 0 saturated heterocycles. The molecule has 18 heavy (non-hydrogen) atoms. The van der Waals surface area contributed by atoms with Crippen LogP contribution < -0.4 is 4.74 Å². The summed E-state index contributed by atoms with van der Waals surface area (Å²) in [6.07, 6.45) is 0.840. The van der Waals surface area contributed by atoms with Crippen molar-refractivity contribution in [3.63, 3.8) is 0 Å². The van der Waals surface area contributed by atoms with Crippen LogP contribution in [0.15, 0.2) is 42.5 Å². The summed E-state index contributed by atoms with van der Waals surface area (Å²) in [5, 5.41) is 0. The molecule has 92 valence electrons. The standard InChI is InChI=1S/C16H16O2/c1-12-8-15(10-17)16(9-13(12)2)18-11-14-6-4-3-5-7-14/h3-10H,11H2,1-2H3. The van der Waals surface area contributed by atoms with Gasteiger partial charge in [-0.1, -0.05) is 30.3 Å². The quantitative estimate of drug-likeness (QED) is 0.762. The van der Waals surface area contributed by atoms with Gasteiger partial charge in [-0.25, -0.2) is 0 Å². The Labute approximate surface area is 107 Å². The van der Waals surface area contributed by atoms with Crippen molar-refractivity contribution in [2.75, 3.05) is 0 Å². The predicted octanol–water partition coefficient (Wildman–Crippen LogP) is 3.69. The Morgan fingerprint density at radius 2 is 1.72 bits per heavy atom. The minimum Gasteiger partial charge on any atom is -0.488 e. The molecule has 2 nitrogen and oxygen atoms in total. The average molecular weight is 240 g/mol. The number of hydrogen-bond acceptors (Lipinski definition) is 2. The maximum Gasteiger partial charge on any atom is 0.153 e. The number of rotatable bonds is 4. The lowest BCUT2D eigenvalue weighted by Gasteiger charge is -2.11. The van der Waals surface area contributed by atoms with E-state index in [1.165, 1.54) is 0 Å². The van der Waals surface area contributed by atoms with Gasteiger partial charge in [0.15, 0.2) is 6.29 Å². The molecule has 0 bridgehead atoms. The van der Waals surface area contributed by atoms with E-state index < -0.39 is 0 Å². The van der Waals surface area contributed by atoms with E-state index >= 15 is 0 Å². The molecule has 0 N–H and O–H groups in total. The second-order valence-corrected chi connectivity index (χ2v) is 4.37. The molecule has 0 aliphatic carbocycles. The topological polar surface area (TPSA) is 26.3 Å². The molecule has 0 unspecified atom stereocenters. The first-order chi connectivity index (χ1) is 8.70. The molecule has 0 aliphatic heterocycles. The zero-order valence-corrected chi connectivity index (χ0v) is 10.6. The van der Waals surface area contributed by atoms with Crippen LogP contribution in [0.3, 0.4) is 0 Å². The molecule has 0 fully saturated rings. The summed E-state index contributed by atoms with van der Waals surface area (Å²) in [4.78, 5) is 11.0. The molecule has 0 atom stereocenters. The number of benzene rings is 2. The minimum absolute atomic E-state index is 0.476. The van der Waals surface area contributed by atoms with Gasteiger partial charge in [0.05, 0.1) is 5.56 Å². The molecule has 0 heterocycles. The van der Waals surface area contributed by atoms with Crippen molar-refractivity contribution in [3.05, 3.63) is 64.7 Å². The van der Waals surface area contributed by atoms with Crippen LogP contribution in [0.4, 0.5) is 0 Å². The van der Waals surface area contributed by atoms with E-state index in [0.29, 0.717) is 17.9 Å². The number of carbonyl (C=O) groups excluding carboxylic acids is 1. The van der Waals surface area contributed by atoms with E-state index in [1.807, 2.05) is 56.3 Å². The maximum absolute atomic E-state index is 11.0. The summed E-state index contributed by atoms with van der Waals surface area (Å²) in [5.74, 6) is 0.650. The van der Waals surface area contributed by atoms with Crippen molar-refractivity contribution in [1.82, 2.24) is 0 Å². The third-order valence-corrected chi connectivity index (χ3v) is 2.99. The van der Waals surface area contributed by atoms with Crippen LogP contribution in [0.1, 0.15) is 27.0 Å². The smallest absolute Gasteiger partial charge is 0.153 e. The zero-order valence-electron chi connectivity index (χ0n) is 10.6. The van der Waals surface area contributed by atoms with E-state index in [1.54, 1.807) is 0 Å². The first-order valence-corrected chi connectivity index (χ1v) is 5.94. The highest BCUT2D eigenvalue weighted by molar-refractivity contribution is 5.80. The van der Waals surface area contributed by atoms with E-state index in [4.69, 9.17) is 4.74 Å². The lowest BCUT2D eigenvalue weighted by Crippen LogP contribution is -1.99. The largest absolute Gasteiger partial charge is 0.488 e. The molecular formula is C16H16O2. The van der Waals surface area contributed by atoms with Gasteiger partial charge >= 0.3 is 0 Å². The predicted molar refractivity (Wildman–Crippen MR) is 72.1 cm³/mol. The van der Waals surface area contributed by atoms with Crippen molar-refractivity contribution < 1.29 is 9.53 Å². The van der Waals surface area contributed by atoms with Gasteiger partial charge in [0, 0.05) is 0 Å². The van der Waals surface area contributed by atoms with Crippen molar-refractivity contribution in [3.8, 4) is 5.75 Å². The molecular weight excluding hydrogens is 224 g/mol. The van der Waals surface area contributed by atoms with Crippen molar-refractivity contribution in [2.45, 2.75) is 20.5 Å². The van der Waals surface area contributed by atoms with Gasteiger partial charge < -0.3 is 4.74 Å². The van der Waals surface area contributed by atoms with Crippen LogP contribution in [-0.4, -0.2) is 6.29 Å². The van der Waals surface area contributed by atoms with Crippen LogP contribution in [0.2, 0.25) is 0 Å². The molecule has 0 amide bonds. The van der Waals surface area contributed by atoms with Gasteiger partial charge in [-0.2, -0.15) is 0 Å².